The van der Waals surface area contributed by atoms with Crippen LogP contribution < -0.4 is 10.6 Å². The summed E-state index contributed by atoms with van der Waals surface area (Å²) in [7, 11) is 0. The molecular formula is C15H19F3N2O2. The van der Waals surface area contributed by atoms with Gasteiger partial charge in [-0.2, -0.15) is 13.2 Å². The molecular weight excluding hydrogens is 297 g/mol. The van der Waals surface area contributed by atoms with Crippen LogP contribution in [0.2, 0.25) is 0 Å². The molecule has 0 saturated carbocycles. The molecule has 1 aromatic carbocycles. The predicted molar refractivity (Wildman–Crippen MR) is 75.3 cm³/mol. The molecule has 2 amide bonds. The second-order valence-corrected chi connectivity index (χ2v) is 5.36. The summed E-state index contributed by atoms with van der Waals surface area (Å²) in [6.07, 6.45) is -2.42. The number of carbonyl (C=O) groups excluding carboxylic acids is 1. The standard InChI is InChI=1S/C15H19F3N2O2/c1-10(13-3-2-8-22-13)20-14(21)19-9-11-4-6-12(7-5-11)15(16,17)18/h4-7,10,13H,2-3,8-9H2,1H3,(H2,19,20,21). The third kappa shape index (κ3) is 4.62. The van der Waals surface area contributed by atoms with Gasteiger partial charge in [-0.15, -0.1) is 0 Å². The number of urea groups is 1. The lowest BCUT2D eigenvalue weighted by Gasteiger charge is -2.20. The molecule has 22 heavy (non-hydrogen) atoms. The van der Waals surface area contributed by atoms with E-state index in [4.69, 9.17) is 4.74 Å². The Hall–Kier alpha value is -1.76. The second-order valence-electron chi connectivity index (χ2n) is 5.36. The number of ether oxygens (including phenoxy) is 1. The lowest BCUT2D eigenvalue weighted by atomic mass is 10.1. The Labute approximate surface area is 127 Å². The van der Waals surface area contributed by atoms with E-state index in [9.17, 15) is 18.0 Å². The third-order valence-electron chi connectivity index (χ3n) is 3.62. The minimum Gasteiger partial charge on any atom is -0.376 e. The fourth-order valence-electron chi connectivity index (χ4n) is 2.34. The Morgan fingerprint density at radius 1 is 1.36 bits per heavy atom. The Bertz CT molecular complexity index is 497. The SMILES string of the molecule is CC(NC(=O)NCc1ccc(C(F)(F)F)cc1)C1CCCO1. The van der Waals surface area contributed by atoms with Gasteiger partial charge in [0.1, 0.15) is 0 Å². The summed E-state index contributed by atoms with van der Waals surface area (Å²) in [6.45, 7) is 2.75. The van der Waals surface area contributed by atoms with E-state index in [0.717, 1.165) is 25.0 Å². The molecule has 1 fully saturated rings. The zero-order valence-electron chi connectivity index (χ0n) is 12.2. The van der Waals surface area contributed by atoms with Crippen LogP contribution in [0.3, 0.4) is 0 Å². The maximum absolute atomic E-state index is 12.4. The van der Waals surface area contributed by atoms with Crippen molar-refractivity contribution >= 4 is 6.03 Å². The van der Waals surface area contributed by atoms with Gasteiger partial charge in [0.05, 0.1) is 17.7 Å². The molecule has 0 bridgehead atoms. The predicted octanol–water partition coefficient (Wildman–Crippen LogP) is 3.07. The van der Waals surface area contributed by atoms with Crippen molar-refractivity contribution < 1.29 is 22.7 Å². The van der Waals surface area contributed by atoms with Crippen molar-refractivity contribution in [1.29, 1.82) is 0 Å². The molecule has 1 aliphatic rings. The smallest absolute Gasteiger partial charge is 0.376 e. The fraction of sp³-hybridized carbons (Fsp3) is 0.533. The summed E-state index contributed by atoms with van der Waals surface area (Å²) >= 11 is 0. The number of rotatable bonds is 4. The highest BCUT2D eigenvalue weighted by Gasteiger charge is 2.30. The summed E-state index contributed by atoms with van der Waals surface area (Å²) in [4.78, 5) is 11.8. The van der Waals surface area contributed by atoms with E-state index >= 15 is 0 Å². The van der Waals surface area contributed by atoms with Crippen LogP contribution in [0.15, 0.2) is 24.3 Å². The Balaban J connectivity index is 1.78. The van der Waals surface area contributed by atoms with E-state index in [0.29, 0.717) is 12.2 Å². The average molecular weight is 316 g/mol. The highest BCUT2D eigenvalue weighted by Crippen LogP contribution is 2.29. The lowest BCUT2D eigenvalue weighted by molar-refractivity contribution is -0.137. The first-order valence-electron chi connectivity index (χ1n) is 7.18. The zero-order valence-corrected chi connectivity index (χ0v) is 12.2. The highest BCUT2D eigenvalue weighted by atomic mass is 19.4. The molecule has 2 atom stereocenters. The molecule has 1 aromatic rings. The van der Waals surface area contributed by atoms with Crippen LogP contribution in [-0.4, -0.2) is 24.8 Å². The van der Waals surface area contributed by atoms with Crippen LogP contribution in [0.4, 0.5) is 18.0 Å². The zero-order chi connectivity index (χ0) is 16.2. The topological polar surface area (TPSA) is 50.4 Å². The number of benzene rings is 1. The molecule has 1 saturated heterocycles. The Kier molecular flexibility index (Phi) is 5.28. The number of nitrogens with one attached hydrogen (secondary N) is 2. The minimum atomic E-state index is -4.35. The molecule has 0 radical (unpaired) electrons. The normalized spacial score (nSPS) is 19.7. The van der Waals surface area contributed by atoms with Gasteiger partial charge in [0.25, 0.3) is 0 Å². The van der Waals surface area contributed by atoms with E-state index in [1.807, 2.05) is 6.92 Å². The van der Waals surface area contributed by atoms with Crippen molar-refractivity contribution in [3.63, 3.8) is 0 Å². The van der Waals surface area contributed by atoms with Crippen LogP contribution in [0, 0.1) is 0 Å². The van der Waals surface area contributed by atoms with Crippen LogP contribution in [0.5, 0.6) is 0 Å². The van der Waals surface area contributed by atoms with Crippen molar-refractivity contribution in [1.82, 2.24) is 10.6 Å². The van der Waals surface area contributed by atoms with Gasteiger partial charge in [-0.1, -0.05) is 12.1 Å². The first kappa shape index (κ1) is 16.6. The summed E-state index contributed by atoms with van der Waals surface area (Å²) in [6, 6.07) is 4.26. The molecule has 4 nitrogen and oxygen atoms in total. The van der Waals surface area contributed by atoms with Gasteiger partial charge >= 0.3 is 12.2 Å². The molecule has 2 rings (SSSR count). The number of carbonyl (C=O) groups is 1. The van der Waals surface area contributed by atoms with Crippen molar-refractivity contribution in [2.75, 3.05) is 6.61 Å². The fourth-order valence-corrected chi connectivity index (χ4v) is 2.34. The first-order chi connectivity index (χ1) is 10.4. The molecule has 0 spiro atoms. The summed E-state index contributed by atoms with van der Waals surface area (Å²) < 4.78 is 42.8. The molecule has 1 aliphatic heterocycles. The van der Waals surface area contributed by atoms with Crippen LogP contribution in [0.25, 0.3) is 0 Å². The second kappa shape index (κ2) is 7.00. The number of amides is 2. The average Bonchev–Trinajstić information content (AvgIpc) is 2.99. The molecule has 0 aliphatic carbocycles. The maximum atomic E-state index is 12.4. The van der Waals surface area contributed by atoms with Crippen LogP contribution in [-0.2, 0) is 17.5 Å². The van der Waals surface area contributed by atoms with Crippen molar-refractivity contribution in [3.05, 3.63) is 35.4 Å². The number of hydrogen-bond acceptors (Lipinski definition) is 2. The van der Waals surface area contributed by atoms with Gasteiger partial charge in [-0.05, 0) is 37.5 Å². The molecule has 1 heterocycles. The van der Waals surface area contributed by atoms with Crippen LogP contribution in [0.1, 0.15) is 30.9 Å². The van der Waals surface area contributed by atoms with Gasteiger partial charge in [-0.3, -0.25) is 0 Å². The molecule has 0 aromatic heterocycles. The summed E-state index contributed by atoms with van der Waals surface area (Å²) in [5.74, 6) is 0. The Morgan fingerprint density at radius 3 is 2.59 bits per heavy atom. The number of halogens is 3. The van der Waals surface area contributed by atoms with E-state index in [1.54, 1.807) is 0 Å². The van der Waals surface area contributed by atoms with E-state index in [2.05, 4.69) is 10.6 Å². The van der Waals surface area contributed by atoms with Gasteiger partial charge in [0, 0.05) is 13.2 Å². The third-order valence-corrected chi connectivity index (χ3v) is 3.62. The minimum absolute atomic E-state index is 0.0248. The lowest BCUT2D eigenvalue weighted by Crippen LogP contribution is -2.45. The Morgan fingerprint density at radius 2 is 2.05 bits per heavy atom. The van der Waals surface area contributed by atoms with Gasteiger partial charge in [0.2, 0.25) is 0 Å². The molecule has 7 heteroatoms. The van der Waals surface area contributed by atoms with Gasteiger partial charge < -0.3 is 15.4 Å². The van der Waals surface area contributed by atoms with E-state index in [1.165, 1.54) is 12.1 Å². The number of hydrogen-bond donors (Lipinski definition) is 2. The van der Waals surface area contributed by atoms with Gasteiger partial charge in [0.15, 0.2) is 0 Å². The highest BCUT2D eigenvalue weighted by molar-refractivity contribution is 5.74. The quantitative estimate of drug-likeness (QED) is 0.897. The summed E-state index contributed by atoms with van der Waals surface area (Å²) in [5.41, 5.74) is -0.0966. The largest absolute Gasteiger partial charge is 0.416 e. The van der Waals surface area contributed by atoms with Crippen molar-refractivity contribution in [2.45, 2.75) is 44.6 Å². The summed E-state index contributed by atoms with van der Waals surface area (Å²) in [5, 5.41) is 5.40. The van der Waals surface area contributed by atoms with Crippen LogP contribution >= 0.6 is 0 Å². The first-order valence-corrected chi connectivity index (χ1v) is 7.18. The van der Waals surface area contributed by atoms with E-state index in [-0.39, 0.29) is 24.7 Å². The van der Waals surface area contributed by atoms with Crippen molar-refractivity contribution in [2.24, 2.45) is 0 Å². The van der Waals surface area contributed by atoms with Gasteiger partial charge in [-0.25, -0.2) is 4.79 Å². The molecule has 2 N–H and O–H groups in total. The van der Waals surface area contributed by atoms with Crippen molar-refractivity contribution in [3.8, 4) is 0 Å². The molecule has 122 valence electrons. The van der Waals surface area contributed by atoms with E-state index < -0.39 is 11.7 Å². The molecule has 2 unspecified atom stereocenters. The maximum Gasteiger partial charge on any atom is 0.416 e. The number of alkyl halides is 3. The monoisotopic (exact) mass is 316 g/mol.